The van der Waals surface area contributed by atoms with Gasteiger partial charge in [0, 0.05) is 11.6 Å². The van der Waals surface area contributed by atoms with E-state index in [1.54, 1.807) is 18.2 Å². The second kappa shape index (κ2) is 8.73. The molecule has 0 saturated carbocycles. The molecule has 1 saturated heterocycles. The SMILES string of the molecule is O.O=C(O)/C=C/c1ccccc1O[C@@H]1O[C@H](CO)[C@@H](O)[C@H](O)[C@H]1O. The van der Waals surface area contributed by atoms with E-state index in [0.717, 1.165) is 6.08 Å². The largest absolute Gasteiger partial charge is 0.478 e. The van der Waals surface area contributed by atoms with Gasteiger partial charge >= 0.3 is 5.97 Å². The number of aliphatic hydroxyl groups excluding tert-OH is 4. The summed E-state index contributed by atoms with van der Waals surface area (Å²) in [5, 5.41) is 47.2. The molecule has 1 aliphatic heterocycles. The molecule has 0 bridgehead atoms. The first-order chi connectivity index (χ1) is 10.9. The van der Waals surface area contributed by atoms with Gasteiger partial charge in [0.05, 0.1) is 6.61 Å². The van der Waals surface area contributed by atoms with E-state index in [-0.39, 0.29) is 11.2 Å². The molecule has 0 amide bonds. The smallest absolute Gasteiger partial charge is 0.328 e. The standard InChI is InChI=1S/C15H18O8.H2O/c16-7-10-12(19)13(20)14(21)15(23-10)22-9-4-2-1-3-8(9)5-6-11(17)18;/h1-6,10,12-16,19-21H,7H2,(H,17,18);1H2/b6-5+;/t10-,12-,13+,14-,15-;/m1./s1. The van der Waals surface area contributed by atoms with Gasteiger partial charge in [0.15, 0.2) is 0 Å². The van der Waals surface area contributed by atoms with Gasteiger partial charge in [-0.1, -0.05) is 18.2 Å². The molecule has 0 aromatic heterocycles. The molecule has 5 atom stereocenters. The summed E-state index contributed by atoms with van der Waals surface area (Å²) >= 11 is 0. The van der Waals surface area contributed by atoms with E-state index < -0.39 is 43.3 Å². The highest BCUT2D eigenvalue weighted by Gasteiger charge is 2.44. The molecule has 1 aliphatic rings. The number of carboxylic acids is 1. The number of carboxylic acid groups (broad SMARTS) is 1. The summed E-state index contributed by atoms with van der Waals surface area (Å²) in [6.07, 6.45) is -4.74. The lowest BCUT2D eigenvalue weighted by Crippen LogP contribution is -2.60. The van der Waals surface area contributed by atoms with Crippen molar-refractivity contribution in [2.75, 3.05) is 6.61 Å². The van der Waals surface area contributed by atoms with Crippen molar-refractivity contribution in [3.63, 3.8) is 0 Å². The van der Waals surface area contributed by atoms with Crippen LogP contribution in [0.4, 0.5) is 0 Å². The van der Waals surface area contributed by atoms with Crippen molar-refractivity contribution in [2.24, 2.45) is 0 Å². The summed E-state index contributed by atoms with van der Waals surface area (Å²) in [7, 11) is 0. The van der Waals surface area contributed by atoms with Crippen molar-refractivity contribution in [1.29, 1.82) is 0 Å². The summed E-state index contributed by atoms with van der Waals surface area (Å²) in [6, 6.07) is 6.43. The summed E-state index contributed by atoms with van der Waals surface area (Å²) in [5.74, 6) is -0.915. The van der Waals surface area contributed by atoms with E-state index in [1.807, 2.05) is 0 Å². The van der Waals surface area contributed by atoms with Gasteiger partial charge < -0.3 is 40.5 Å². The maximum atomic E-state index is 10.6. The van der Waals surface area contributed by atoms with E-state index in [2.05, 4.69) is 0 Å². The quantitative estimate of drug-likeness (QED) is 0.387. The van der Waals surface area contributed by atoms with E-state index in [4.69, 9.17) is 19.7 Å². The number of carbonyl (C=O) groups is 1. The predicted molar refractivity (Wildman–Crippen MR) is 81.1 cm³/mol. The first kappa shape index (κ1) is 20.0. The molecule has 24 heavy (non-hydrogen) atoms. The van der Waals surface area contributed by atoms with Crippen LogP contribution in [0.15, 0.2) is 30.3 Å². The van der Waals surface area contributed by atoms with E-state index in [9.17, 15) is 20.1 Å². The highest BCUT2D eigenvalue weighted by atomic mass is 16.7. The number of benzene rings is 1. The van der Waals surface area contributed by atoms with Crippen molar-refractivity contribution >= 4 is 12.0 Å². The van der Waals surface area contributed by atoms with Crippen LogP contribution in [0.25, 0.3) is 6.08 Å². The molecule has 2 rings (SSSR count). The summed E-state index contributed by atoms with van der Waals surface area (Å²) in [6.45, 7) is -0.564. The topological polar surface area (TPSA) is 168 Å². The zero-order valence-electron chi connectivity index (χ0n) is 12.5. The van der Waals surface area contributed by atoms with E-state index in [0.29, 0.717) is 5.56 Å². The Morgan fingerprint density at radius 1 is 1.17 bits per heavy atom. The molecule has 0 radical (unpaired) electrons. The number of aliphatic hydroxyl groups is 4. The maximum Gasteiger partial charge on any atom is 0.328 e. The first-order valence-corrected chi connectivity index (χ1v) is 6.91. The van der Waals surface area contributed by atoms with Gasteiger partial charge in [-0.05, 0) is 12.1 Å². The zero-order chi connectivity index (χ0) is 17.0. The lowest BCUT2D eigenvalue weighted by molar-refractivity contribution is -0.277. The number of aliphatic carboxylic acids is 1. The van der Waals surface area contributed by atoms with Crippen LogP contribution in [0.5, 0.6) is 5.75 Å². The Hall–Kier alpha value is -2.01. The highest BCUT2D eigenvalue weighted by molar-refractivity contribution is 5.85. The lowest BCUT2D eigenvalue weighted by Gasteiger charge is -2.39. The molecule has 0 spiro atoms. The lowest BCUT2D eigenvalue weighted by atomic mass is 9.99. The van der Waals surface area contributed by atoms with Gasteiger partial charge in [-0.2, -0.15) is 0 Å². The van der Waals surface area contributed by atoms with Crippen LogP contribution in [0, 0.1) is 0 Å². The molecular formula is C15H20O9. The minimum Gasteiger partial charge on any atom is -0.478 e. The molecule has 1 heterocycles. The molecule has 134 valence electrons. The fraction of sp³-hybridized carbons (Fsp3) is 0.400. The Morgan fingerprint density at radius 3 is 2.46 bits per heavy atom. The Bertz CT molecular complexity index is 572. The van der Waals surface area contributed by atoms with Crippen molar-refractivity contribution in [3.05, 3.63) is 35.9 Å². The summed E-state index contributed by atoms with van der Waals surface area (Å²) in [4.78, 5) is 10.6. The second-order valence-electron chi connectivity index (χ2n) is 5.02. The molecule has 0 aliphatic carbocycles. The van der Waals surface area contributed by atoms with Gasteiger partial charge in [-0.15, -0.1) is 0 Å². The van der Waals surface area contributed by atoms with Crippen LogP contribution in [0.2, 0.25) is 0 Å². The van der Waals surface area contributed by atoms with Crippen LogP contribution >= 0.6 is 0 Å². The van der Waals surface area contributed by atoms with Crippen LogP contribution in [0.1, 0.15) is 5.56 Å². The monoisotopic (exact) mass is 344 g/mol. The normalized spacial score (nSPS) is 29.9. The molecule has 1 aromatic rings. The zero-order valence-corrected chi connectivity index (χ0v) is 12.5. The molecule has 1 aromatic carbocycles. The Kier molecular flexibility index (Phi) is 7.29. The van der Waals surface area contributed by atoms with Crippen molar-refractivity contribution in [2.45, 2.75) is 30.7 Å². The summed E-state index contributed by atoms with van der Waals surface area (Å²) in [5.41, 5.74) is 0.423. The third-order valence-electron chi connectivity index (χ3n) is 3.42. The van der Waals surface area contributed by atoms with Gasteiger partial charge in [-0.3, -0.25) is 0 Å². The Labute approximate surface area is 137 Å². The van der Waals surface area contributed by atoms with Crippen molar-refractivity contribution in [1.82, 2.24) is 0 Å². The van der Waals surface area contributed by atoms with Gasteiger partial charge in [-0.25, -0.2) is 4.79 Å². The molecule has 0 unspecified atom stereocenters. The molecule has 9 heteroatoms. The van der Waals surface area contributed by atoms with E-state index in [1.165, 1.54) is 12.1 Å². The highest BCUT2D eigenvalue weighted by Crippen LogP contribution is 2.27. The maximum absolute atomic E-state index is 10.6. The molecule has 7 N–H and O–H groups in total. The minimum atomic E-state index is -1.55. The van der Waals surface area contributed by atoms with Crippen LogP contribution < -0.4 is 4.74 Å². The molecular weight excluding hydrogens is 324 g/mol. The fourth-order valence-corrected chi connectivity index (χ4v) is 2.18. The Balaban J connectivity index is 0.00000288. The Morgan fingerprint density at radius 2 is 1.83 bits per heavy atom. The van der Waals surface area contributed by atoms with Gasteiger partial charge in [0.1, 0.15) is 30.2 Å². The summed E-state index contributed by atoms with van der Waals surface area (Å²) < 4.78 is 10.7. The molecule has 9 nitrogen and oxygen atoms in total. The van der Waals surface area contributed by atoms with Crippen molar-refractivity contribution in [3.8, 4) is 5.75 Å². The molecule has 1 fully saturated rings. The van der Waals surface area contributed by atoms with Crippen LogP contribution in [-0.2, 0) is 9.53 Å². The van der Waals surface area contributed by atoms with E-state index >= 15 is 0 Å². The third kappa shape index (κ3) is 4.51. The predicted octanol–water partition coefficient (Wildman–Crippen LogP) is -1.86. The average Bonchev–Trinajstić information content (AvgIpc) is 2.54. The number of para-hydroxylation sites is 1. The number of rotatable bonds is 5. The second-order valence-corrected chi connectivity index (χ2v) is 5.02. The fourth-order valence-electron chi connectivity index (χ4n) is 2.18. The van der Waals surface area contributed by atoms with Crippen LogP contribution in [-0.4, -0.2) is 74.3 Å². The number of hydrogen-bond acceptors (Lipinski definition) is 7. The number of ether oxygens (including phenoxy) is 2. The van der Waals surface area contributed by atoms with Gasteiger partial charge in [0.25, 0.3) is 0 Å². The first-order valence-electron chi connectivity index (χ1n) is 6.91. The van der Waals surface area contributed by atoms with Gasteiger partial charge in [0.2, 0.25) is 6.29 Å². The minimum absolute atomic E-state index is 0. The third-order valence-corrected chi connectivity index (χ3v) is 3.42. The van der Waals surface area contributed by atoms with Crippen molar-refractivity contribution < 1.29 is 45.3 Å². The number of hydrogen-bond donors (Lipinski definition) is 5. The van der Waals surface area contributed by atoms with Crippen LogP contribution in [0.3, 0.4) is 0 Å². The average molecular weight is 344 g/mol.